The Labute approximate surface area is 337 Å². The van der Waals surface area contributed by atoms with Crippen LogP contribution >= 0.6 is 22.7 Å². The van der Waals surface area contributed by atoms with Crippen LogP contribution in [0.15, 0.2) is 194 Å². The molecular weight excluding hydrogens is 729 g/mol. The molecule has 0 aliphatic carbocycles. The summed E-state index contributed by atoms with van der Waals surface area (Å²) in [4.78, 5) is 6.67. The molecule has 0 aliphatic heterocycles. The van der Waals surface area contributed by atoms with Gasteiger partial charge < -0.3 is 4.90 Å². The van der Waals surface area contributed by atoms with Crippen LogP contribution in [0, 0.1) is 0 Å². The SMILES string of the molecule is c1ccc2c(c1)sc1c3ccc(N(c4ccc(-c5ccc(-c6ccc7cnccc7c6)cc5)cc4)c4ccc5c(ccc6c7ccccc7sc56)c4)cc3ccc21. The van der Waals surface area contributed by atoms with E-state index in [0.29, 0.717) is 0 Å². The molecule has 3 aromatic heterocycles. The fourth-order valence-electron chi connectivity index (χ4n) is 8.64. The molecule has 0 N–H and O–H groups in total. The predicted molar refractivity (Wildman–Crippen MR) is 248 cm³/mol. The number of hydrogen-bond donors (Lipinski definition) is 0. The van der Waals surface area contributed by atoms with Crippen LogP contribution in [0.3, 0.4) is 0 Å². The van der Waals surface area contributed by atoms with E-state index in [2.05, 4.69) is 192 Å². The summed E-state index contributed by atoms with van der Waals surface area (Å²) in [7, 11) is 0. The van der Waals surface area contributed by atoms with Gasteiger partial charge in [0.15, 0.2) is 0 Å². The Kier molecular flexibility index (Phi) is 7.31. The molecule has 57 heavy (non-hydrogen) atoms. The molecule has 0 radical (unpaired) electrons. The molecule has 0 saturated heterocycles. The van der Waals surface area contributed by atoms with Gasteiger partial charge in [0.2, 0.25) is 0 Å². The lowest BCUT2D eigenvalue weighted by Gasteiger charge is -2.26. The lowest BCUT2D eigenvalue weighted by molar-refractivity contribution is 1.29. The molecule has 4 heteroatoms. The van der Waals surface area contributed by atoms with Crippen LogP contribution in [-0.4, -0.2) is 4.98 Å². The van der Waals surface area contributed by atoms with Gasteiger partial charge in [-0.2, -0.15) is 0 Å². The van der Waals surface area contributed by atoms with E-state index in [-0.39, 0.29) is 0 Å². The molecular formula is C53H32N2S2. The maximum Gasteiger partial charge on any atom is 0.0468 e. The third-order valence-electron chi connectivity index (χ3n) is 11.5. The van der Waals surface area contributed by atoms with Gasteiger partial charge in [-0.3, -0.25) is 4.98 Å². The normalized spacial score (nSPS) is 11.9. The molecule has 9 aromatic carbocycles. The maximum atomic E-state index is 4.27. The highest BCUT2D eigenvalue weighted by atomic mass is 32.1. The third-order valence-corrected chi connectivity index (χ3v) is 14.0. The van der Waals surface area contributed by atoms with Gasteiger partial charge in [0.05, 0.1) is 0 Å². The highest BCUT2D eigenvalue weighted by Gasteiger charge is 2.17. The van der Waals surface area contributed by atoms with Crippen LogP contribution in [0.5, 0.6) is 0 Å². The Hall–Kier alpha value is -6.85. The second kappa shape index (κ2) is 12.9. The Balaban J connectivity index is 0.957. The number of nitrogens with zero attached hydrogens (tertiary/aromatic N) is 2. The van der Waals surface area contributed by atoms with Crippen LogP contribution in [0.4, 0.5) is 17.1 Å². The van der Waals surface area contributed by atoms with Crippen LogP contribution in [0.25, 0.3) is 94.9 Å². The zero-order valence-electron chi connectivity index (χ0n) is 30.7. The van der Waals surface area contributed by atoms with Gasteiger partial charge in [-0.25, -0.2) is 0 Å². The summed E-state index contributed by atoms with van der Waals surface area (Å²) in [6.45, 7) is 0. The number of rotatable bonds is 5. The van der Waals surface area contributed by atoms with E-state index in [1.807, 2.05) is 35.1 Å². The first-order chi connectivity index (χ1) is 28.2. The van der Waals surface area contributed by atoms with E-state index in [1.165, 1.54) is 89.5 Å². The molecule has 0 spiro atoms. The molecule has 0 fully saturated rings. The van der Waals surface area contributed by atoms with Crippen molar-refractivity contribution in [3.8, 4) is 22.3 Å². The van der Waals surface area contributed by atoms with Crippen molar-refractivity contribution in [2.75, 3.05) is 4.90 Å². The zero-order valence-corrected chi connectivity index (χ0v) is 32.3. The van der Waals surface area contributed by atoms with Crippen molar-refractivity contribution in [1.29, 1.82) is 0 Å². The minimum atomic E-state index is 1.12. The van der Waals surface area contributed by atoms with Crippen molar-refractivity contribution in [1.82, 2.24) is 4.98 Å². The standard InChI is InChI=1S/C53H32N2S2/c1-3-7-50-46(5-1)48-23-17-38-30-42(21-25-44(38)52(48)56-50)55(43-22-26-45-39(31-43)18-24-49-47-6-2-4-8-51(47)57-53(45)49)41-19-15-34(16-20-41)33-9-11-35(12-10-33)36-13-14-40-32-54-28-27-37(40)29-36/h1-32H. The molecule has 12 rings (SSSR count). The van der Waals surface area contributed by atoms with Crippen molar-refractivity contribution in [3.63, 3.8) is 0 Å². The number of thiophene rings is 2. The first-order valence-electron chi connectivity index (χ1n) is 19.2. The number of anilines is 3. The Morgan fingerprint density at radius 2 is 0.807 bits per heavy atom. The fourth-order valence-corrected chi connectivity index (χ4v) is 11.1. The molecule has 266 valence electrons. The topological polar surface area (TPSA) is 16.1 Å². The smallest absolute Gasteiger partial charge is 0.0468 e. The van der Waals surface area contributed by atoms with E-state index < -0.39 is 0 Å². The van der Waals surface area contributed by atoms with Crippen LogP contribution in [-0.2, 0) is 0 Å². The molecule has 12 aromatic rings. The molecule has 3 heterocycles. The summed E-state index contributed by atoms with van der Waals surface area (Å²) in [5.41, 5.74) is 8.17. The van der Waals surface area contributed by atoms with E-state index in [1.54, 1.807) is 0 Å². The van der Waals surface area contributed by atoms with Crippen molar-refractivity contribution in [3.05, 3.63) is 194 Å². The second-order valence-corrected chi connectivity index (χ2v) is 16.9. The average Bonchev–Trinajstić information content (AvgIpc) is 3.86. The van der Waals surface area contributed by atoms with Gasteiger partial charge in [-0.15, -0.1) is 22.7 Å². The fraction of sp³-hybridized carbons (Fsp3) is 0. The molecule has 0 aliphatic rings. The Bertz CT molecular complexity index is 3370. The van der Waals surface area contributed by atoms with E-state index in [9.17, 15) is 0 Å². The summed E-state index contributed by atoms with van der Waals surface area (Å²) in [5, 5.41) is 12.7. The summed E-state index contributed by atoms with van der Waals surface area (Å²) in [6, 6.07) is 67.2. The average molecular weight is 761 g/mol. The summed E-state index contributed by atoms with van der Waals surface area (Å²) in [5.74, 6) is 0. The van der Waals surface area contributed by atoms with Crippen molar-refractivity contribution >= 4 is 112 Å². The van der Waals surface area contributed by atoms with Gasteiger partial charge in [0, 0.05) is 75.2 Å². The number of fused-ring (bicyclic) bond motifs is 11. The van der Waals surface area contributed by atoms with Gasteiger partial charge in [-0.1, -0.05) is 121 Å². The van der Waals surface area contributed by atoms with Gasteiger partial charge >= 0.3 is 0 Å². The Morgan fingerprint density at radius 3 is 1.40 bits per heavy atom. The summed E-state index contributed by atoms with van der Waals surface area (Å²) in [6.07, 6.45) is 3.77. The molecule has 0 amide bonds. The van der Waals surface area contributed by atoms with Crippen molar-refractivity contribution in [2.24, 2.45) is 0 Å². The highest BCUT2D eigenvalue weighted by Crippen LogP contribution is 2.44. The van der Waals surface area contributed by atoms with Gasteiger partial charge in [-0.05, 0) is 110 Å². The van der Waals surface area contributed by atoms with Gasteiger partial charge in [0.25, 0.3) is 0 Å². The predicted octanol–water partition coefficient (Wildman–Crippen LogP) is 16.1. The monoisotopic (exact) mass is 760 g/mol. The lowest BCUT2D eigenvalue weighted by Crippen LogP contribution is -2.09. The van der Waals surface area contributed by atoms with E-state index in [0.717, 1.165) is 22.4 Å². The first-order valence-corrected chi connectivity index (χ1v) is 20.9. The number of benzene rings is 9. The van der Waals surface area contributed by atoms with Crippen molar-refractivity contribution < 1.29 is 0 Å². The second-order valence-electron chi connectivity index (χ2n) is 14.8. The third kappa shape index (κ3) is 5.33. The number of aromatic nitrogens is 1. The van der Waals surface area contributed by atoms with Crippen molar-refractivity contribution in [2.45, 2.75) is 0 Å². The van der Waals surface area contributed by atoms with E-state index >= 15 is 0 Å². The minimum Gasteiger partial charge on any atom is -0.310 e. The molecule has 2 nitrogen and oxygen atoms in total. The van der Waals surface area contributed by atoms with Crippen LogP contribution < -0.4 is 4.90 Å². The lowest BCUT2D eigenvalue weighted by atomic mass is 9.98. The summed E-state index contributed by atoms with van der Waals surface area (Å²) < 4.78 is 5.35. The molecule has 0 atom stereocenters. The minimum absolute atomic E-state index is 1.12. The van der Waals surface area contributed by atoms with Crippen LogP contribution in [0.1, 0.15) is 0 Å². The largest absolute Gasteiger partial charge is 0.310 e. The van der Waals surface area contributed by atoms with Gasteiger partial charge in [0.1, 0.15) is 0 Å². The molecule has 0 unspecified atom stereocenters. The van der Waals surface area contributed by atoms with Crippen LogP contribution in [0.2, 0.25) is 0 Å². The summed E-state index contributed by atoms with van der Waals surface area (Å²) >= 11 is 3.77. The first kappa shape index (κ1) is 32.4. The maximum absolute atomic E-state index is 4.27. The number of hydrogen-bond acceptors (Lipinski definition) is 4. The quantitative estimate of drug-likeness (QED) is 0.174. The molecule has 0 saturated carbocycles. The molecule has 0 bridgehead atoms. The van der Waals surface area contributed by atoms with E-state index in [4.69, 9.17) is 0 Å². The number of pyridine rings is 1. The highest BCUT2D eigenvalue weighted by molar-refractivity contribution is 7.27. The zero-order chi connectivity index (χ0) is 37.5. The Morgan fingerprint density at radius 1 is 0.333 bits per heavy atom.